The second-order valence-corrected chi connectivity index (χ2v) is 7.67. The van der Waals surface area contributed by atoms with E-state index in [1.807, 2.05) is 22.6 Å². The minimum absolute atomic E-state index is 0.0145. The molecule has 2 aromatic rings. The van der Waals surface area contributed by atoms with Crippen LogP contribution in [-0.2, 0) is 4.74 Å². The van der Waals surface area contributed by atoms with E-state index in [1.54, 1.807) is 13.2 Å². The van der Waals surface area contributed by atoms with E-state index >= 15 is 0 Å². The maximum atomic E-state index is 14.2. The van der Waals surface area contributed by atoms with Crippen LogP contribution in [0.5, 0.6) is 5.75 Å². The molecule has 0 radical (unpaired) electrons. The summed E-state index contributed by atoms with van der Waals surface area (Å²) in [5.74, 6) is -2.20. The third-order valence-corrected chi connectivity index (χ3v) is 4.76. The van der Waals surface area contributed by atoms with Crippen LogP contribution in [0, 0.1) is 15.2 Å². The van der Waals surface area contributed by atoms with Crippen molar-refractivity contribution in [2.75, 3.05) is 38.7 Å². The second-order valence-electron chi connectivity index (χ2n) is 6.43. The molecule has 30 heavy (non-hydrogen) atoms. The Labute approximate surface area is 187 Å². The molecule has 0 aliphatic carbocycles. The third-order valence-electron chi connectivity index (χ3n) is 4.09. The van der Waals surface area contributed by atoms with Gasteiger partial charge >= 0.3 is 0 Å². The highest BCUT2D eigenvalue weighted by molar-refractivity contribution is 14.1. The van der Waals surface area contributed by atoms with Crippen LogP contribution in [0.2, 0.25) is 0 Å². The van der Waals surface area contributed by atoms with E-state index in [0.29, 0.717) is 23.3 Å². The van der Waals surface area contributed by atoms with Gasteiger partial charge in [-0.25, -0.2) is 8.78 Å². The molecular weight excluding hydrogens is 511 g/mol. The van der Waals surface area contributed by atoms with E-state index in [2.05, 4.69) is 10.6 Å². The molecule has 0 saturated heterocycles. The van der Waals surface area contributed by atoms with E-state index in [4.69, 9.17) is 15.2 Å². The van der Waals surface area contributed by atoms with Crippen LogP contribution in [0.3, 0.4) is 0 Å². The fraction of sp³-hybridized carbons (Fsp3) is 0.350. The molecule has 10 heteroatoms. The highest BCUT2D eigenvalue weighted by Gasteiger charge is 2.19. The maximum Gasteiger partial charge on any atom is 0.254 e. The standard InChI is InChI=1S/C20H24F2IN3O4/c1-29-7-5-25-11-14(27)4-6-30-18-9-12(21)8-17(19(18)20(24)28)26-16-3-2-13(23)10-15(16)22/h2-3,8-10,14,25-27H,4-7,11H2,1H3,(H2,24,28). The number of methoxy groups -OCH3 is 1. The summed E-state index contributed by atoms with van der Waals surface area (Å²) in [6.07, 6.45) is -0.464. The Morgan fingerprint density at radius 2 is 2.00 bits per heavy atom. The van der Waals surface area contributed by atoms with Gasteiger partial charge in [-0.2, -0.15) is 0 Å². The lowest BCUT2D eigenvalue weighted by Crippen LogP contribution is -2.30. The number of aliphatic hydroxyl groups is 1. The van der Waals surface area contributed by atoms with Crippen molar-refractivity contribution in [3.8, 4) is 5.75 Å². The highest BCUT2D eigenvalue weighted by Crippen LogP contribution is 2.31. The first-order chi connectivity index (χ1) is 14.3. The van der Waals surface area contributed by atoms with Gasteiger partial charge in [-0.05, 0) is 46.9 Å². The first-order valence-corrected chi connectivity index (χ1v) is 10.3. The molecule has 0 aromatic heterocycles. The molecule has 2 rings (SSSR count). The van der Waals surface area contributed by atoms with E-state index in [0.717, 1.165) is 12.1 Å². The summed E-state index contributed by atoms with van der Waals surface area (Å²) >= 11 is 1.96. The molecule has 0 saturated carbocycles. The monoisotopic (exact) mass is 535 g/mol. The average Bonchev–Trinajstić information content (AvgIpc) is 2.67. The van der Waals surface area contributed by atoms with Crippen LogP contribution in [-0.4, -0.2) is 50.5 Å². The first-order valence-electron chi connectivity index (χ1n) is 9.17. The highest BCUT2D eigenvalue weighted by atomic mass is 127. The molecule has 5 N–H and O–H groups in total. The quantitative estimate of drug-likeness (QED) is 0.246. The Balaban J connectivity index is 2.11. The van der Waals surface area contributed by atoms with Crippen molar-refractivity contribution in [2.24, 2.45) is 5.73 Å². The molecule has 1 atom stereocenters. The number of nitrogens with two attached hydrogens (primary N) is 1. The number of amides is 1. The molecule has 0 fully saturated rings. The molecule has 0 aliphatic rings. The van der Waals surface area contributed by atoms with Crippen LogP contribution in [0.4, 0.5) is 20.2 Å². The number of primary amides is 1. The minimum atomic E-state index is -0.861. The summed E-state index contributed by atoms with van der Waals surface area (Å²) in [5, 5.41) is 15.7. The van der Waals surface area contributed by atoms with Gasteiger partial charge in [-0.3, -0.25) is 4.79 Å². The van der Waals surface area contributed by atoms with Crippen molar-refractivity contribution in [1.82, 2.24) is 5.32 Å². The number of hydrogen-bond donors (Lipinski definition) is 4. The summed E-state index contributed by atoms with van der Waals surface area (Å²) in [6, 6.07) is 6.50. The van der Waals surface area contributed by atoms with Crippen LogP contribution in [0.15, 0.2) is 30.3 Å². The fourth-order valence-corrected chi connectivity index (χ4v) is 3.09. The Hall–Kier alpha value is -2.02. The smallest absolute Gasteiger partial charge is 0.254 e. The summed E-state index contributed by atoms with van der Waals surface area (Å²) in [7, 11) is 1.58. The van der Waals surface area contributed by atoms with Gasteiger partial charge < -0.3 is 30.9 Å². The zero-order chi connectivity index (χ0) is 22.1. The molecule has 2 aromatic carbocycles. The van der Waals surface area contributed by atoms with Gasteiger partial charge in [0.05, 0.1) is 30.7 Å². The molecule has 0 bridgehead atoms. The molecular formula is C20H24F2IN3O4. The number of halogens is 3. The fourth-order valence-electron chi connectivity index (χ4n) is 2.63. The van der Waals surface area contributed by atoms with Crippen LogP contribution >= 0.6 is 22.6 Å². The zero-order valence-electron chi connectivity index (χ0n) is 16.4. The largest absolute Gasteiger partial charge is 0.492 e. The van der Waals surface area contributed by atoms with Crippen molar-refractivity contribution < 1.29 is 28.2 Å². The Bertz CT molecular complexity index is 870. The van der Waals surface area contributed by atoms with Gasteiger partial charge in [-0.15, -0.1) is 0 Å². The average molecular weight is 535 g/mol. The summed E-state index contributed by atoms with van der Waals surface area (Å²) in [5.41, 5.74) is 5.40. The van der Waals surface area contributed by atoms with Gasteiger partial charge in [-0.1, -0.05) is 0 Å². The predicted molar refractivity (Wildman–Crippen MR) is 118 cm³/mol. The van der Waals surface area contributed by atoms with Gasteiger partial charge in [0.2, 0.25) is 0 Å². The van der Waals surface area contributed by atoms with Gasteiger partial charge in [0.15, 0.2) is 0 Å². The van der Waals surface area contributed by atoms with Crippen LogP contribution in [0.25, 0.3) is 0 Å². The SMILES string of the molecule is COCCNCC(O)CCOc1cc(F)cc(Nc2ccc(I)cc2F)c1C(N)=O. The number of hydrogen-bond acceptors (Lipinski definition) is 6. The normalized spacial score (nSPS) is 11.9. The van der Waals surface area contributed by atoms with Crippen molar-refractivity contribution in [3.63, 3.8) is 0 Å². The Morgan fingerprint density at radius 3 is 2.67 bits per heavy atom. The predicted octanol–water partition coefficient (Wildman–Crippen LogP) is 2.78. The lowest BCUT2D eigenvalue weighted by Gasteiger charge is -2.17. The van der Waals surface area contributed by atoms with E-state index in [9.17, 15) is 18.7 Å². The van der Waals surface area contributed by atoms with Crippen molar-refractivity contribution in [2.45, 2.75) is 12.5 Å². The van der Waals surface area contributed by atoms with Crippen molar-refractivity contribution in [3.05, 3.63) is 51.1 Å². The lowest BCUT2D eigenvalue weighted by molar-refractivity contribution is 0.0995. The van der Waals surface area contributed by atoms with Gasteiger partial charge in [0.25, 0.3) is 5.91 Å². The van der Waals surface area contributed by atoms with Crippen molar-refractivity contribution in [1.29, 1.82) is 0 Å². The molecule has 164 valence electrons. The minimum Gasteiger partial charge on any atom is -0.492 e. The van der Waals surface area contributed by atoms with E-state index in [1.165, 1.54) is 12.1 Å². The van der Waals surface area contributed by atoms with Crippen molar-refractivity contribution >= 4 is 39.9 Å². The number of aliphatic hydroxyl groups excluding tert-OH is 1. The Kier molecular flexibility index (Phi) is 9.69. The Morgan fingerprint density at radius 1 is 1.23 bits per heavy atom. The van der Waals surface area contributed by atoms with Gasteiger partial charge in [0, 0.05) is 36.3 Å². The number of nitrogens with one attached hydrogen (secondary N) is 2. The molecule has 7 nitrogen and oxygen atoms in total. The zero-order valence-corrected chi connectivity index (χ0v) is 18.5. The van der Waals surface area contributed by atoms with E-state index in [-0.39, 0.29) is 35.7 Å². The molecule has 0 aliphatic heterocycles. The summed E-state index contributed by atoms with van der Waals surface area (Å²) in [4.78, 5) is 12.0. The maximum absolute atomic E-state index is 14.2. The van der Waals surface area contributed by atoms with E-state index < -0.39 is 23.6 Å². The molecule has 1 unspecified atom stereocenters. The first kappa shape index (κ1) is 24.3. The molecule has 0 spiro atoms. The third kappa shape index (κ3) is 7.35. The molecule has 0 heterocycles. The van der Waals surface area contributed by atoms with Crippen LogP contribution < -0.4 is 21.1 Å². The lowest BCUT2D eigenvalue weighted by atomic mass is 10.1. The van der Waals surface area contributed by atoms with Gasteiger partial charge in [0.1, 0.15) is 22.9 Å². The second kappa shape index (κ2) is 12.0. The summed E-state index contributed by atoms with van der Waals surface area (Å²) in [6.45, 7) is 1.46. The molecule has 1 amide bonds. The number of carbonyl (C=O) groups excluding carboxylic acids is 1. The topological polar surface area (TPSA) is 106 Å². The number of ether oxygens (including phenoxy) is 2. The number of carbonyl (C=O) groups is 1. The number of rotatable bonds is 12. The summed E-state index contributed by atoms with van der Waals surface area (Å²) < 4.78 is 39.4. The number of benzene rings is 2. The number of anilines is 2. The van der Waals surface area contributed by atoms with Crippen LogP contribution in [0.1, 0.15) is 16.8 Å².